The topological polar surface area (TPSA) is 42.2 Å². The summed E-state index contributed by atoms with van der Waals surface area (Å²) in [5.74, 6) is 0.645. The molecule has 1 aliphatic carbocycles. The molecule has 1 saturated carbocycles. The standard InChI is InChI=1S/C15H22ClNO2/c1-15(2,3)10-6-4-5-7-11(10)17-14(18)12-8-9-13(16)19-12/h8-11H,4-7H2,1-3H3,(H,17,18). The first-order valence-electron chi connectivity index (χ1n) is 6.94. The lowest BCUT2D eigenvalue weighted by Crippen LogP contribution is -2.46. The second-order valence-electron chi connectivity index (χ2n) is 6.44. The Hall–Kier alpha value is -0.960. The smallest absolute Gasteiger partial charge is 0.287 e. The Morgan fingerprint density at radius 1 is 1.32 bits per heavy atom. The molecule has 3 nitrogen and oxygen atoms in total. The fourth-order valence-electron chi connectivity index (χ4n) is 3.02. The van der Waals surface area contributed by atoms with Crippen LogP contribution in [0.15, 0.2) is 16.5 Å². The molecule has 1 heterocycles. The Kier molecular flexibility index (Phi) is 4.24. The van der Waals surface area contributed by atoms with Gasteiger partial charge in [-0.3, -0.25) is 4.79 Å². The van der Waals surface area contributed by atoms with Crippen LogP contribution in [0.25, 0.3) is 0 Å². The van der Waals surface area contributed by atoms with Crippen LogP contribution in [0, 0.1) is 11.3 Å². The number of carbonyl (C=O) groups is 1. The van der Waals surface area contributed by atoms with Gasteiger partial charge in [0.25, 0.3) is 5.91 Å². The van der Waals surface area contributed by atoms with Gasteiger partial charge in [-0.25, -0.2) is 0 Å². The summed E-state index contributed by atoms with van der Waals surface area (Å²) in [6.07, 6.45) is 4.65. The maximum absolute atomic E-state index is 12.1. The van der Waals surface area contributed by atoms with Gasteiger partial charge in [0.15, 0.2) is 11.0 Å². The molecule has 0 aromatic carbocycles. The highest BCUT2D eigenvalue weighted by molar-refractivity contribution is 6.29. The molecular weight excluding hydrogens is 262 g/mol. The van der Waals surface area contributed by atoms with Gasteiger partial charge in [-0.15, -0.1) is 0 Å². The fraction of sp³-hybridized carbons (Fsp3) is 0.667. The molecule has 0 radical (unpaired) electrons. The third-order valence-corrected chi connectivity index (χ3v) is 4.19. The quantitative estimate of drug-likeness (QED) is 0.881. The first-order valence-corrected chi connectivity index (χ1v) is 7.32. The summed E-state index contributed by atoms with van der Waals surface area (Å²) in [7, 11) is 0. The van der Waals surface area contributed by atoms with E-state index in [0.29, 0.717) is 11.7 Å². The average molecular weight is 284 g/mol. The fourth-order valence-corrected chi connectivity index (χ4v) is 3.16. The van der Waals surface area contributed by atoms with Crippen molar-refractivity contribution in [3.05, 3.63) is 23.1 Å². The summed E-state index contributed by atoms with van der Waals surface area (Å²) in [4.78, 5) is 12.1. The lowest BCUT2D eigenvalue weighted by molar-refractivity contribution is 0.0804. The van der Waals surface area contributed by atoms with Crippen molar-refractivity contribution < 1.29 is 9.21 Å². The second-order valence-corrected chi connectivity index (χ2v) is 6.81. The van der Waals surface area contributed by atoms with Crippen LogP contribution >= 0.6 is 11.6 Å². The molecule has 0 saturated heterocycles. The van der Waals surface area contributed by atoms with Crippen LogP contribution in [0.3, 0.4) is 0 Å². The van der Waals surface area contributed by atoms with E-state index >= 15 is 0 Å². The molecule has 2 atom stereocenters. The number of halogens is 1. The highest BCUT2D eigenvalue weighted by Gasteiger charge is 2.35. The van der Waals surface area contributed by atoms with Crippen molar-refractivity contribution in [2.75, 3.05) is 0 Å². The highest BCUT2D eigenvalue weighted by atomic mass is 35.5. The Labute approximate surface area is 119 Å². The molecule has 0 aliphatic heterocycles. The molecule has 19 heavy (non-hydrogen) atoms. The zero-order valence-electron chi connectivity index (χ0n) is 11.8. The predicted molar refractivity (Wildman–Crippen MR) is 76.4 cm³/mol. The SMILES string of the molecule is CC(C)(C)C1CCCCC1NC(=O)c1ccc(Cl)o1. The van der Waals surface area contributed by atoms with Crippen LogP contribution in [-0.2, 0) is 0 Å². The Morgan fingerprint density at radius 2 is 2.00 bits per heavy atom. The first kappa shape index (κ1) is 14.4. The zero-order chi connectivity index (χ0) is 14.0. The van der Waals surface area contributed by atoms with Crippen molar-refractivity contribution in [2.45, 2.75) is 52.5 Å². The normalized spacial score (nSPS) is 24.2. The van der Waals surface area contributed by atoms with Gasteiger partial charge in [-0.05, 0) is 47.9 Å². The van der Waals surface area contributed by atoms with Crippen LogP contribution in [0.5, 0.6) is 0 Å². The molecule has 1 aromatic heterocycles. The van der Waals surface area contributed by atoms with Crippen LogP contribution in [-0.4, -0.2) is 11.9 Å². The number of nitrogens with one attached hydrogen (secondary N) is 1. The van der Waals surface area contributed by atoms with Crippen molar-refractivity contribution in [3.63, 3.8) is 0 Å². The van der Waals surface area contributed by atoms with Crippen molar-refractivity contribution in [2.24, 2.45) is 11.3 Å². The maximum atomic E-state index is 12.1. The maximum Gasteiger partial charge on any atom is 0.287 e. The van der Waals surface area contributed by atoms with Crippen LogP contribution in [0.2, 0.25) is 5.22 Å². The summed E-state index contributed by atoms with van der Waals surface area (Å²) >= 11 is 5.70. The minimum absolute atomic E-state index is 0.159. The van der Waals surface area contributed by atoms with E-state index in [1.807, 2.05) is 0 Å². The summed E-state index contributed by atoms with van der Waals surface area (Å²) in [5.41, 5.74) is 0.208. The first-order chi connectivity index (χ1) is 8.88. The van der Waals surface area contributed by atoms with Gasteiger partial charge in [0.2, 0.25) is 0 Å². The largest absolute Gasteiger partial charge is 0.440 e. The van der Waals surface area contributed by atoms with E-state index in [-0.39, 0.29) is 22.6 Å². The second kappa shape index (κ2) is 5.58. The van der Waals surface area contributed by atoms with E-state index in [0.717, 1.165) is 6.42 Å². The van der Waals surface area contributed by atoms with Crippen molar-refractivity contribution in [3.8, 4) is 0 Å². The third kappa shape index (κ3) is 3.53. The van der Waals surface area contributed by atoms with E-state index in [9.17, 15) is 4.79 Å². The number of carbonyl (C=O) groups excluding carboxylic acids is 1. The summed E-state index contributed by atoms with van der Waals surface area (Å²) < 4.78 is 5.16. The zero-order valence-corrected chi connectivity index (χ0v) is 12.6. The number of rotatable bonds is 2. The van der Waals surface area contributed by atoms with Crippen molar-refractivity contribution >= 4 is 17.5 Å². The van der Waals surface area contributed by atoms with Gasteiger partial charge in [0.1, 0.15) is 0 Å². The van der Waals surface area contributed by atoms with Crippen LogP contribution in [0.4, 0.5) is 0 Å². The minimum Gasteiger partial charge on any atom is -0.440 e. The lowest BCUT2D eigenvalue weighted by Gasteiger charge is -2.40. The van der Waals surface area contributed by atoms with E-state index in [4.69, 9.17) is 16.0 Å². The summed E-state index contributed by atoms with van der Waals surface area (Å²) in [5, 5.41) is 3.36. The van der Waals surface area contributed by atoms with E-state index in [1.54, 1.807) is 12.1 Å². The number of amides is 1. The van der Waals surface area contributed by atoms with Gasteiger partial charge < -0.3 is 9.73 Å². The molecule has 1 aliphatic rings. The molecule has 2 rings (SSSR count). The van der Waals surface area contributed by atoms with Gasteiger partial charge in [0.05, 0.1) is 0 Å². The minimum atomic E-state index is -0.159. The Morgan fingerprint density at radius 3 is 2.58 bits per heavy atom. The molecule has 1 fully saturated rings. The third-order valence-electron chi connectivity index (χ3n) is 3.99. The molecule has 0 spiro atoms. The average Bonchev–Trinajstić information content (AvgIpc) is 2.75. The molecular formula is C15H22ClNO2. The molecule has 1 amide bonds. The lowest BCUT2D eigenvalue weighted by atomic mass is 9.69. The number of hydrogen-bond acceptors (Lipinski definition) is 2. The molecule has 2 unspecified atom stereocenters. The van der Waals surface area contributed by atoms with Crippen LogP contribution in [0.1, 0.15) is 57.0 Å². The Balaban J connectivity index is 2.05. The van der Waals surface area contributed by atoms with Crippen molar-refractivity contribution in [1.29, 1.82) is 0 Å². The molecule has 4 heteroatoms. The molecule has 106 valence electrons. The predicted octanol–water partition coefficient (Wildman–Crippen LogP) is 4.27. The number of hydrogen-bond donors (Lipinski definition) is 1. The van der Waals surface area contributed by atoms with Crippen LogP contribution < -0.4 is 5.32 Å². The van der Waals surface area contributed by atoms with E-state index in [1.165, 1.54) is 19.3 Å². The van der Waals surface area contributed by atoms with Gasteiger partial charge in [-0.1, -0.05) is 33.6 Å². The highest BCUT2D eigenvalue weighted by Crippen LogP contribution is 2.38. The molecule has 1 aromatic rings. The Bertz CT molecular complexity index is 447. The molecule has 0 bridgehead atoms. The van der Waals surface area contributed by atoms with Gasteiger partial charge in [0, 0.05) is 6.04 Å². The van der Waals surface area contributed by atoms with Crippen molar-refractivity contribution in [1.82, 2.24) is 5.32 Å². The van der Waals surface area contributed by atoms with E-state index < -0.39 is 0 Å². The van der Waals surface area contributed by atoms with Gasteiger partial charge >= 0.3 is 0 Å². The van der Waals surface area contributed by atoms with E-state index in [2.05, 4.69) is 26.1 Å². The monoisotopic (exact) mass is 283 g/mol. The van der Waals surface area contributed by atoms with Gasteiger partial charge in [-0.2, -0.15) is 0 Å². The molecule has 1 N–H and O–H groups in total. The summed E-state index contributed by atoms with van der Waals surface area (Å²) in [6.45, 7) is 6.73. The summed E-state index contributed by atoms with van der Waals surface area (Å²) in [6, 6.07) is 3.44. The number of furan rings is 1.